The van der Waals surface area contributed by atoms with Crippen molar-refractivity contribution in [3.05, 3.63) is 47.4 Å². The Morgan fingerprint density at radius 1 is 1.29 bits per heavy atom. The summed E-state index contributed by atoms with van der Waals surface area (Å²) in [6.45, 7) is 6.12. The highest BCUT2D eigenvalue weighted by Crippen LogP contribution is 2.18. The highest BCUT2D eigenvalue weighted by Gasteiger charge is 2.14. The van der Waals surface area contributed by atoms with E-state index in [1.54, 1.807) is 4.52 Å². The molecule has 0 bridgehead atoms. The number of carbonyl (C=O) groups excluding carboxylic acids is 1. The Morgan fingerprint density at radius 3 is 2.88 bits per heavy atom. The first kappa shape index (κ1) is 15.9. The minimum Gasteiger partial charge on any atom is -0.350 e. The lowest BCUT2D eigenvalue weighted by molar-refractivity contribution is -0.114. The van der Waals surface area contributed by atoms with Crippen LogP contribution in [0.5, 0.6) is 0 Å². The highest BCUT2D eigenvalue weighted by molar-refractivity contribution is 5.94. The monoisotopic (exact) mass is 324 g/mol. The summed E-state index contributed by atoms with van der Waals surface area (Å²) in [5.74, 6) is 1.20. The SMILES string of the molecule is Cc1cc(N(C)CC(=O)Nc2cccc(C)c2C)n2ncnc2n1. The minimum absolute atomic E-state index is 0.0890. The van der Waals surface area contributed by atoms with Crippen molar-refractivity contribution < 1.29 is 4.79 Å². The van der Waals surface area contributed by atoms with E-state index in [0.29, 0.717) is 5.78 Å². The number of fused-ring (bicyclic) bond motifs is 1. The maximum Gasteiger partial charge on any atom is 0.254 e. The van der Waals surface area contributed by atoms with Crippen LogP contribution in [-0.4, -0.2) is 39.1 Å². The number of hydrogen-bond donors (Lipinski definition) is 1. The van der Waals surface area contributed by atoms with Gasteiger partial charge in [0, 0.05) is 24.5 Å². The van der Waals surface area contributed by atoms with E-state index in [1.807, 2.05) is 57.0 Å². The summed E-state index contributed by atoms with van der Waals surface area (Å²) in [5, 5.41) is 7.13. The van der Waals surface area contributed by atoms with Crippen LogP contribution in [0, 0.1) is 20.8 Å². The smallest absolute Gasteiger partial charge is 0.254 e. The Balaban J connectivity index is 1.78. The predicted octanol–water partition coefficient (Wildman–Crippen LogP) is 2.12. The lowest BCUT2D eigenvalue weighted by atomic mass is 10.1. The normalized spacial score (nSPS) is 10.8. The van der Waals surface area contributed by atoms with Crippen LogP contribution in [0.25, 0.3) is 5.78 Å². The Labute approximate surface area is 140 Å². The van der Waals surface area contributed by atoms with Gasteiger partial charge in [0.05, 0.1) is 6.54 Å². The number of benzene rings is 1. The minimum atomic E-state index is -0.0890. The number of amides is 1. The van der Waals surface area contributed by atoms with Gasteiger partial charge in [0.2, 0.25) is 5.91 Å². The molecule has 124 valence electrons. The van der Waals surface area contributed by atoms with Gasteiger partial charge in [-0.3, -0.25) is 4.79 Å². The van der Waals surface area contributed by atoms with Crippen LogP contribution in [0.3, 0.4) is 0 Å². The van der Waals surface area contributed by atoms with Crippen molar-refractivity contribution in [3.8, 4) is 0 Å². The first-order chi connectivity index (χ1) is 11.5. The van der Waals surface area contributed by atoms with E-state index in [9.17, 15) is 4.79 Å². The molecule has 0 radical (unpaired) electrons. The lowest BCUT2D eigenvalue weighted by Gasteiger charge is -2.20. The molecule has 0 aliphatic rings. The van der Waals surface area contributed by atoms with Gasteiger partial charge in [0.15, 0.2) is 0 Å². The summed E-state index contributed by atoms with van der Waals surface area (Å²) in [6.07, 6.45) is 1.45. The molecule has 0 aliphatic carbocycles. The van der Waals surface area contributed by atoms with Gasteiger partial charge in [0.1, 0.15) is 12.1 Å². The number of hydrogen-bond acceptors (Lipinski definition) is 5. The standard InChI is InChI=1S/C17H20N6O/c1-11-6-5-7-14(13(11)3)21-15(24)9-22(4)16-8-12(2)20-17-18-10-19-23(16)17/h5-8,10H,9H2,1-4H3,(H,21,24). The number of nitrogens with one attached hydrogen (secondary N) is 1. The van der Waals surface area contributed by atoms with Crippen LogP contribution in [0.4, 0.5) is 11.5 Å². The fraction of sp³-hybridized carbons (Fsp3) is 0.294. The van der Waals surface area contributed by atoms with Crippen LogP contribution in [-0.2, 0) is 4.79 Å². The summed E-state index contributed by atoms with van der Waals surface area (Å²) in [7, 11) is 1.85. The summed E-state index contributed by atoms with van der Waals surface area (Å²) < 4.78 is 1.62. The Bertz CT molecular complexity index is 901. The van der Waals surface area contributed by atoms with Gasteiger partial charge < -0.3 is 10.2 Å². The largest absolute Gasteiger partial charge is 0.350 e. The van der Waals surface area contributed by atoms with Crippen molar-refractivity contribution in [3.63, 3.8) is 0 Å². The van der Waals surface area contributed by atoms with Crippen molar-refractivity contribution in [2.45, 2.75) is 20.8 Å². The van der Waals surface area contributed by atoms with Crippen molar-refractivity contribution in [2.75, 3.05) is 23.8 Å². The molecule has 1 N–H and O–H groups in total. The third-order valence-electron chi connectivity index (χ3n) is 4.01. The molecular weight excluding hydrogens is 304 g/mol. The topological polar surface area (TPSA) is 75.4 Å². The number of anilines is 2. The van der Waals surface area contributed by atoms with Gasteiger partial charge in [-0.1, -0.05) is 12.1 Å². The second-order valence-electron chi connectivity index (χ2n) is 5.88. The van der Waals surface area contributed by atoms with Gasteiger partial charge >= 0.3 is 0 Å². The summed E-state index contributed by atoms with van der Waals surface area (Å²) in [5.41, 5.74) is 3.89. The van der Waals surface area contributed by atoms with Gasteiger partial charge in [-0.05, 0) is 38.0 Å². The molecule has 0 aliphatic heterocycles. The van der Waals surface area contributed by atoms with Gasteiger partial charge in [0.25, 0.3) is 5.78 Å². The number of nitrogens with zero attached hydrogens (tertiary/aromatic N) is 5. The molecule has 3 aromatic rings. The molecule has 0 fully saturated rings. The van der Waals surface area contributed by atoms with E-state index in [4.69, 9.17) is 0 Å². The van der Waals surface area contributed by atoms with E-state index in [-0.39, 0.29) is 12.5 Å². The number of carbonyl (C=O) groups is 1. The van der Waals surface area contributed by atoms with E-state index in [2.05, 4.69) is 20.4 Å². The Hall–Kier alpha value is -2.96. The zero-order valence-electron chi connectivity index (χ0n) is 14.2. The Kier molecular flexibility index (Phi) is 4.16. The molecule has 7 heteroatoms. The number of aromatic nitrogens is 4. The second-order valence-corrected chi connectivity index (χ2v) is 5.88. The quantitative estimate of drug-likeness (QED) is 0.795. The third kappa shape index (κ3) is 3.05. The molecule has 24 heavy (non-hydrogen) atoms. The number of aryl methyl sites for hydroxylation is 2. The zero-order valence-corrected chi connectivity index (χ0v) is 14.2. The van der Waals surface area contributed by atoms with E-state index in [0.717, 1.165) is 28.3 Å². The number of likely N-dealkylation sites (N-methyl/N-ethyl adjacent to an activating group) is 1. The first-order valence-corrected chi connectivity index (χ1v) is 7.70. The summed E-state index contributed by atoms with van der Waals surface area (Å²) in [6, 6.07) is 7.75. The zero-order chi connectivity index (χ0) is 17.3. The molecule has 1 amide bonds. The number of rotatable bonds is 4. The van der Waals surface area contributed by atoms with Crippen molar-refractivity contribution in [1.82, 2.24) is 19.6 Å². The van der Waals surface area contributed by atoms with Crippen LogP contribution in [0.1, 0.15) is 16.8 Å². The molecule has 0 saturated carbocycles. The molecule has 7 nitrogen and oxygen atoms in total. The Morgan fingerprint density at radius 2 is 2.08 bits per heavy atom. The second kappa shape index (κ2) is 6.27. The fourth-order valence-electron chi connectivity index (χ4n) is 2.56. The van der Waals surface area contributed by atoms with E-state index >= 15 is 0 Å². The first-order valence-electron chi connectivity index (χ1n) is 7.70. The van der Waals surface area contributed by atoms with Crippen molar-refractivity contribution in [1.29, 1.82) is 0 Å². The molecule has 0 saturated heterocycles. The molecular formula is C17H20N6O. The third-order valence-corrected chi connectivity index (χ3v) is 4.01. The van der Waals surface area contributed by atoms with Crippen LogP contribution < -0.4 is 10.2 Å². The van der Waals surface area contributed by atoms with E-state index in [1.165, 1.54) is 6.33 Å². The van der Waals surface area contributed by atoms with Gasteiger partial charge in [-0.15, -0.1) is 0 Å². The predicted molar refractivity (Wildman–Crippen MR) is 93.3 cm³/mol. The molecule has 3 rings (SSSR count). The van der Waals surface area contributed by atoms with Crippen molar-refractivity contribution >= 4 is 23.2 Å². The maximum absolute atomic E-state index is 12.4. The maximum atomic E-state index is 12.4. The van der Waals surface area contributed by atoms with Crippen LogP contribution >= 0.6 is 0 Å². The summed E-state index contributed by atoms with van der Waals surface area (Å²) in [4.78, 5) is 22.6. The van der Waals surface area contributed by atoms with E-state index < -0.39 is 0 Å². The highest BCUT2D eigenvalue weighted by atomic mass is 16.2. The molecule has 0 atom stereocenters. The van der Waals surface area contributed by atoms with Crippen LogP contribution in [0.15, 0.2) is 30.6 Å². The molecule has 0 spiro atoms. The average molecular weight is 324 g/mol. The lowest BCUT2D eigenvalue weighted by Crippen LogP contribution is -2.31. The molecule has 2 heterocycles. The molecule has 2 aromatic heterocycles. The van der Waals surface area contributed by atoms with Gasteiger partial charge in [-0.2, -0.15) is 14.6 Å². The molecule has 0 unspecified atom stereocenters. The fourth-order valence-corrected chi connectivity index (χ4v) is 2.56. The summed E-state index contributed by atoms with van der Waals surface area (Å²) >= 11 is 0. The van der Waals surface area contributed by atoms with Crippen molar-refractivity contribution in [2.24, 2.45) is 0 Å². The average Bonchev–Trinajstić information content (AvgIpc) is 2.99. The van der Waals surface area contributed by atoms with Gasteiger partial charge in [-0.25, -0.2) is 4.98 Å². The molecule has 1 aromatic carbocycles. The van der Waals surface area contributed by atoms with Crippen LogP contribution in [0.2, 0.25) is 0 Å².